The quantitative estimate of drug-likeness (QED) is 0.772. The van der Waals surface area contributed by atoms with Gasteiger partial charge in [0, 0.05) is 33.6 Å². The van der Waals surface area contributed by atoms with Crippen LogP contribution in [0.25, 0.3) is 11.2 Å². The van der Waals surface area contributed by atoms with Crippen molar-refractivity contribution in [2.24, 2.45) is 14.1 Å². The highest BCUT2D eigenvalue weighted by Gasteiger charge is 2.18. The van der Waals surface area contributed by atoms with Gasteiger partial charge >= 0.3 is 5.69 Å². The zero-order chi connectivity index (χ0) is 16.4. The lowest BCUT2D eigenvalue weighted by Gasteiger charge is -2.19. The highest BCUT2D eigenvalue weighted by Crippen LogP contribution is 2.12. The Bertz CT molecular complexity index is 780. The van der Waals surface area contributed by atoms with Gasteiger partial charge in [0.05, 0.1) is 0 Å². The molecule has 2 rings (SSSR count). The smallest absolute Gasteiger partial charge is 0.321 e. The van der Waals surface area contributed by atoms with Gasteiger partial charge in [-0.15, -0.1) is 0 Å². The van der Waals surface area contributed by atoms with E-state index in [1.807, 2.05) is 11.5 Å². The summed E-state index contributed by atoms with van der Waals surface area (Å²) in [5.74, 6) is 0.848. The number of hydrogen-bond donors (Lipinski definition) is 0. The molecule has 0 aliphatic carbocycles. The Morgan fingerprint density at radius 2 is 1.68 bits per heavy atom. The van der Waals surface area contributed by atoms with E-state index in [-0.39, 0.29) is 11.2 Å². The van der Waals surface area contributed by atoms with Crippen molar-refractivity contribution < 1.29 is 0 Å². The second-order valence-electron chi connectivity index (χ2n) is 5.44. The summed E-state index contributed by atoms with van der Waals surface area (Å²) in [6.07, 6.45) is 0.726. The average molecular weight is 307 g/mol. The summed E-state index contributed by atoms with van der Waals surface area (Å²) in [6.45, 7) is 9.77. The standard InChI is InChI=1S/C15H25N5O2/c1-6-11-16-13-12(14(21)18(5)15(22)17(13)4)20(11)10-9-19(7-2)8-3/h6-10H2,1-5H3. The van der Waals surface area contributed by atoms with Crippen LogP contribution in [0.15, 0.2) is 9.59 Å². The number of likely N-dealkylation sites (N-methyl/N-ethyl adjacent to an activating group) is 1. The summed E-state index contributed by atoms with van der Waals surface area (Å²) in [7, 11) is 3.17. The minimum Gasteiger partial charge on any atom is -0.321 e. The maximum atomic E-state index is 12.5. The lowest BCUT2D eigenvalue weighted by atomic mass is 10.4. The topological polar surface area (TPSA) is 65.1 Å². The third kappa shape index (κ3) is 2.61. The molecule has 2 aromatic heterocycles. The van der Waals surface area contributed by atoms with E-state index < -0.39 is 0 Å². The number of aromatic nitrogens is 4. The maximum Gasteiger partial charge on any atom is 0.332 e. The maximum absolute atomic E-state index is 12.5. The Morgan fingerprint density at radius 3 is 2.23 bits per heavy atom. The zero-order valence-corrected chi connectivity index (χ0v) is 14.1. The number of rotatable bonds is 6. The van der Waals surface area contributed by atoms with Gasteiger partial charge in [0.2, 0.25) is 0 Å². The molecule has 0 amide bonds. The first-order valence-electron chi connectivity index (χ1n) is 7.83. The molecule has 0 bridgehead atoms. The van der Waals surface area contributed by atoms with E-state index in [4.69, 9.17) is 0 Å². The molecule has 2 heterocycles. The van der Waals surface area contributed by atoms with Crippen molar-refractivity contribution in [1.82, 2.24) is 23.6 Å². The van der Waals surface area contributed by atoms with Crippen molar-refractivity contribution >= 4 is 11.2 Å². The molecule has 122 valence electrons. The SMILES string of the molecule is CCc1nc2c(c(=O)n(C)c(=O)n2C)n1CCN(CC)CC. The fraction of sp³-hybridized carbons (Fsp3) is 0.667. The predicted molar refractivity (Wildman–Crippen MR) is 87.4 cm³/mol. The van der Waals surface area contributed by atoms with E-state index in [9.17, 15) is 9.59 Å². The third-order valence-corrected chi connectivity index (χ3v) is 4.28. The number of aryl methyl sites for hydroxylation is 2. The van der Waals surface area contributed by atoms with Gasteiger partial charge in [-0.2, -0.15) is 0 Å². The van der Waals surface area contributed by atoms with Crippen LogP contribution in [0.5, 0.6) is 0 Å². The Hall–Kier alpha value is -1.89. The second-order valence-corrected chi connectivity index (χ2v) is 5.44. The molecular formula is C15H25N5O2. The fourth-order valence-corrected chi connectivity index (χ4v) is 2.78. The van der Waals surface area contributed by atoms with Crippen LogP contribution < -0.4 is 11.2 Å². The van der Waals surface area contributed by atoms with Gasteiger partial charge in [-0.25, -0.2) is 9.78 Å². The molecule has 0 spiro atoms. The van der Waals surface area contributed by atoms with Crippen LogP contribution in [0, 0.1) is 0 Å². The van der Waals surface area contributed by atoms with Crippen molar-refractivity contribution in [3.05, 3.63) is 26.7 Å². The van der Waals surface area contributed by atoms with E-state index in [1.54, 1.807) is 7.05 Å². The van der Waals surface area contributed by atoms with Crippen molar-refractivity contribution in [2.45, 2.75) is 33.7 Å². The summed E-state index contributed by atoms with van der Waals surface area (Å²) in [4.78, 5) is 31.4. The number of nitrogens with zero attached hydrogens (tertiary/aromatic N) is 5. The molecule has 0 fully saturated rings. The molecule has 2 aromatic rings. The Balaban J connectivity index is 2.62. The van der Waals surface area contributed by atoms with Gasteiger partial charge in [0.15, 0.2) is 11.2 Å². The van der Waals surface area contributed by atoms with Gasteiger partial charge in [0.1, 0.15) is 5.82 Å². The van der Waals surface area contributed by atoms with E-state index in [0.717, 1.165) is 36.4 Å². The van der Waals surface area contributed by atoms with Crippen LogP contribution in [-0.4, -0.2) is 43.2 Å². The minimum atomic E-state index is -0.339. The molecule has 0 radical (unpaired) electrons. The van der Waals surface area contributed by atoms with Crippen molar-refractivity contribution in [2.75, 3.05) is 19.6 Å². The van der Waals surface area contributed by atoms with E-state index >= 15 is 0 Å². The molecule has 0 unspecified atom stereocenters. The molecule has 0 aliphatic rings. The van der Waals surface area contributed by atoms with E-state index in [0.29, 0.717) is 17.7 Å². The lowest BCUT2D eigenvalue weighted by molar-refractivity contribution is 0.290. The summed E-state index contributed by atoms with van der Waals surface area (Å²) in [6, 6.07) is 0. The molecule has 0 aromatic carbocycles. The van der Waals surface area contributed by atoms with Gasteiger partial charge < -0.3 is 9.47 Å². The van der Waals surface area contributed by atoms with E-state index in [2.05, 4.69) is 23.7 Å². The number of fused-ring (bicyclic) bond motifs is 1. The van der Waals surface area contributed by atoms with Crippen LogP contribution in [0.1, 0.15) is 26.6 Å². The Labute approximate surface area is 129 Å². The first kappa shape index (κ1) is 16.5. The molecule has 7 heteroatoms. The summed E-state index contributed by atoms with van der Waals surface area (Å²) in [5.41, 5.74) is 0.386. The first-order chi connectivity index (χ1) is 10.5. The van der Waals surface area contributed by atoms with Gasteiger partial charge in [-0.1, -0.05) is 20.8 Å². The Kier molecular flexibility index (Phi) is 4.85. The fourth-order valence-electron chi connectivity index (χ4n) is 2.78. The Morgan fingerprint density at radius 1 is 1.05 bits per heavy atom. The first-order valence-corrected chi connectivity index (χ1v) is 7.83. The molecule has 0 saturated carbocycles. The van der Waals surface area contributed by atoms with Gasteiger partial charge in [0.25, 0.3) is 5.56 Å². The molecule has 0 saturated heterocycles. The molecular weight excluding hydrogens is 282 g/mol. The lowest BCUT2D eigenvalue weighted by Crippen LogP contribution is -2.38. The molecule has 22 heavy (non-hydrogen) atoms. The molecule has 0 atom stereocenters. The van der Waals surface area contributed by atoms with Crippen LogP contribution >= 0.6 is 0 Å². The zero-order valence-electron chi connectivity index (χ0n) is 14.1. The van der Waals surface area contributed by atoms with Crippen LogP contribution in [0.3, 0.4) is 0 Å². The van der Waals surface area contributed by atoms with Crippen LogP contribution in [0.4, 0.5) is 0 Å². The summed E-state index contributed by atoms with van der Waals surface area (Å²) in [5, 5.41) is 0. The number of imidazole rings is 1. The van der Waals surface area contributed by atoms with Gasteiger partial charge in [-0.05, 0) is 13.1 Å². The highest BCUT2D eigenvalue weighted by molar-refractivity contribution is 5.71. The van der Waals surface area contributed by atoms with Gasteiger partial charge in [-0.3, -0.25) is 13.9 Å². The molecule has 7 nitrogen and oxygen atoms in total. The normalized spacial score (nSPS) is 11.7. The third-order valence-electron chi connectivity index (χ3n) is 4.28. The van der Waals surface area contributed by atoms with Crippen molar-refractivity contribution in [3.63, 3.8) is 0 Å². The highest BCUT2D eigenvalue weighted by atomic mass is 16.2. The second kappa shape index (κ2) is 6.48. The summed E-state index contributed by atoms with van der Waals surface area (Å²) < 4.78 is 4.57. The van der Waals surface area contributed by atoms with Crippen molar-refractivity contribution in [3.8, 4) is 0 Å². The number of hydrogen-bond acceptors (Lipinski definition) is 4. The largest absolute Gasteiger partial charge is 0.332 e. The predicted octanol–water partition coefficient (Wildman–Crippen LogP) is 0.338. The average Bonchev–Trinajstić information content (AvgIpc) is 2.90. The monoisotopic (exact) mass is 307 g/mol. The van der Waals surface area contributed by atoms with Crippen molar-refractivity contribution in [1.29, 1.82) is 0 Å². The van der Waals surface area contributed by atoms with E-state index in [1.165, 1.54) is 11.6 Å². The minimum absolute atomic E-state index is 0.273. The van der Waals surface area contributed by atoms with Crippen LogP contribution in [0.2, 0.25) is 0 Å². The molecule has 0 N–H and O–H groups in total. The summed E-state index contributed by atoms with van der Waals surface area (Å²) >= 11 is 0. The molecule has 0 aliphatic heterocycles. The van der Waals surface area contributed by atoms with Crippen LogP contribution in [-0.2, 0) is 27.1 Å².